The number of nitro benzene ring substituents is 1. The lowest BCUT2D eigenvalue weighted by Crippen LogP contribution is -2.40. The van der Waals surface area contributed by atoms with Crippen LogP contribution in [0.1, 0.15) is 0 Å². The number of aromatic nitrogens is 1. The zero-order valence-electron chi connectivity index (χ0n) is 10.5. The van der Waals surface area contributed by atoms with Crippen molar-refractivity contribution >= 4 is 28.1 Å². The highest BCUT2D eigenvalue weighted by Gasteiger charge is 2.38. The number of alkyl halides is 3. The fraction of sp³-hybridized carbons (Fsp3) is 0.0909. The third-order valence-electron chi connectivity index (χ3n) is 2.42. The molecule has 0 spiro atoms. The molecule has 1 aromatic heterocycles. The van der Waals surface area contributed by atoms with Crippen molar-refractivity contribution in [3.63, 3.8) is 0 Å². The van der Waals surface area contributed by atoms with Crippen LogP contribution >= 0.6 is 11.3 Å². The number of carbonyl (C=O) groups excluding carboxylic acids is 1. The van der Waals surface area contributed by atoms with Crippen molar-refractivity contribution in [3.8, 4) is 11.3 Å². The molecule has 0 atom stereocenters. The van der Waals surface area contributed by atoms with Gasteiger partial charge in [-0.15, -0.1) is 11.3 Å². The van der Waals surface area contributed by atoms with Crippen LogP contribution < -0.4 is 10.9 Å². The number of halogens is 3. The summed E-state index contributed by atoms with van der Waals surface area (Å²) in [5.74, 6) is -2.14. The van der Waals surface area contributed by atoms with E-state index in [9.17, 15) is 28.1 Å². The second-order valence-corrected chi connectivity index (χ2v) is 4.78. The molecule has 1 aromatic carbocycles. The van der Waals surface area contributed by atoms with E-state index >= 15 is 0 Å². The zero-order valence-corrected chi connectivity index (χ0v) is 11.4. The number of hydrogen-bond donors (Lipinski definition) is 2. The van der Waals surface area contributed by atoms with Crippen LogP contribution in [0.3, 0.4) is 0 Å². The standard InChI is InChI=1S/C11H7F3N4O3S/c12-11(13,14)9(19)16-17-10-15-8(5-22-10)6-1-3-7(4-2-6)18(20)21/h1-5H,(H,15,17)(H,16,19). The highest BCUT2D eigenvalue weighted by molar-refractivity contribution is 7.14. The summed E-state index contributed by atoms with van der Waals surface area (Å²) >= 11 is 0.969. The second kappa shape index (κ2) is 5.97. The van der Waals surface area contributed by atoms with Gasteiger partial charge < -0.3 is 0 Å². The van der Waals surface area contributed by atoms with E-state index < -0.39 is 17.0 Å². The molecule has 22 heavy (non-hydrogen) atoms. The van der Waals surface area contributed by atoms with Crippen LogP contribution in [0.5, 0.6) is 0 Å². The summed E-state index contributed by atoms with van der Waals surface area (Å²) in [5.41, 5.74) is 4.39. The number of non-ortho nitro benzene ring substituents is 1. The summed E-state index contributed by atoms with van der Waals surface area (Å²) in [7, 11) is 0. The Hall–Kier alpha value is -2.69. The Bertz CT molecular complexity index is 699. The Balaban J connectivity index is 2.05. The molecule has 11 heteroatoms. The first-order valence-electron chi connectivity index (χ1n) is 5.61. The summed E-state index contributed by atoms with van der Waals surface area (Å²) in [6, 6.07) is 5.50. The molecule has 1 amide bonds. The molecule has 2 rings (SSSR count). The van der Waals surface area contributed by atoms with Crippen LogP contribution in [-0.2, 0) is 4.79 Å². The van der Waals surface area contributed by atoms with Gasteiger partial charge in [-0.05, 0) is 12.1 Å². The molecule has 1 heterocycles. The quantitative estimate of drug-likeness (QED) is 0.663. The minimum Gasteiger partial charge on any atom is -0.273 e. The van der Waals surface area contributed by atoms with E-state index in [1.165, 1.54) is 35.1 Å². The number of benzene rings is 1. The number of hydrogen-bond acceptors (Lipinski definition) is 6. The van der Waals surface area contributed by atoms with Gasteiger partial charge in [0, 0.05) is 23.1 Å². The molecule has 0 aliphatic heterocycles. The van der Waals surface area contributed by atoms with E-state index in [1.807, 2.05) is 0 Å². The van der Waals surface area contributed by atoms with Crippen molar-refractivity contribution in [2.45, 2.75) is 6.18 Å². The SMILES string of the molecule is O=C(NNc1nc(-c2ccc([N+](=O)[O-])cc2)cs1)C(F)(F)F. The number of nitro groups is 1. The molecule has 0 saturated carbocycles. The number of nitrogens with one attached hydrogen (secondary N) is 2. The van der Waals surface area contributed by atoms with Gasteiger partial charge in [0.2, 0.25) is 5.13 Å². The molecule has 0 aliphatic rings. The number of amides is 1. The molecular weight excluding hydrogens is 325 g/mol. The fourth-order valence-electron chi connectivity index (χ4n) is 1.40. The summed E-state index contributed by atoms with van der Waals surface area (Å²) < 4.78 is 36.0. The van der Waals surface area contributed by atoms with Crippen molar-refractivity contribution in [3.05, 3.63) is 39.8 Å². The van der Waals surface area contributed by atoms with Gasteiger partial charge in [-0.3, -0.25) is 25.8 Å². The predicted octanol–water partition coefficient (Wildman–Crippen LogP) is 2.72. The summed E-state index contributed by atoms with van der Waals surface area (Å²) in [6.07, 6.45) is -4.99. The van der Waals surface area contributed by atoms with Gasteiger partial charge in [-0.1, -0.05) is 0 Å². The van der Waals surface area contributed by atoms with Crippen molar-refractivity contribution < 1.29 is 22.9 Å². The molecule has 0 radical (unpaired) electrons. The van der Waals surface area contributed by atoms with Gasteiger partial charge in [0.15, 0.2) is 0 Å². The highest BCUT2D eigenvalue weighted by atomic mass is 32.1. The van der Waals surface area contributed by atoms with E-state index in [0.29, 0.717) is 11.3 Å². The minimum atomic E-state index is -4.99. The second-order valence-electron chi connectivity index (χ2n) is 3.92. The van der Waals surface area contributed by atoms with Crippen molar-refractivity contribution in [2.24, 2.45) is 0 Å². The van der Waals surface area contributed by atoms with E-state index in [1.54, 1.807) is 0 Å². The molecule has 0 saturated heterocycles. The lowest BCUT2D eigenvalue weighted by molar-refractivity contribution is -0.384. The van der Waals surface area contributed by atoms with Crippen LogP contribution in [0.25, 0.3) is 11.3 Å². The van der Waals surface area contributed by atoms with Crippen LogP contribution in [-0.4, -0.2) is 22.0 Å². The van der Waals surface area contributed by atoms with Gasteiger partial charge in [-0.2, -0.15) is 13.2 Å². The fourth-order valence-corrected chi connectivity index (χ4v) is 2.07. The first-order chi connectivity index (χ1) is 10.3. The van der Waals surface area contributed by atoms with Gasteiger partial charge in [0.1, 0.15) is 0 Å². The zero-order chi connectivity index (χ0) is 16.3. The van der Waals surface area contributed by atoms with Crippen LogP contribution in [0.4, 0.5) is 24.0 Å². The van der Waals surface area contributed by atoms with E-state index in [2.05, 4.69) is 10.4 Å². The molecular formula is C11H7F3N4O3S. The molecule has 2 N–H and O–H groups in total. The van der Waals surface area contributed by atoms with E-state index in [4.69, 9.17) is 0 Å². The van der Waals surface area contributed by atoms with E-state index in [-0.39, 0.29) is 10.8 Å². The van der Waals surface area contributed by atoms with Crippen molar-refractivity contribution in [1.29, 1.82) is 0 Å². The maximum absolute atomic E-state index is 12.0. The average Bonchev–Trinajstić information content (AvgIpc) is 2.92. The van der Waals surface area contributed by atoms with Crippen LogP contribution in [0.15, 0.2) is 29.6 Å². The third kappa shape index (κ3) is 3.69. The van der Waals surface area contributed by atoms with Gasteiger partial charge in [0.25, 0.3) is 5.69 Å². The minimum absolute atomic E-state index is 0.0472. The van der Waals surface area contributed by atoms with Crippen LogP contribution in [0.2, 0.25) is 0 Å². The van der Waals surface area contributed by atoms with Gasteiger partial charge in [-0.25, -0.2) is 4.98 Å². The molecule has 7 nitrogen and oxygen atoms in total. The number of thiazole rings is 1. The monoisotopic (exact) mass is 332 g/mol. The Morgan fingerprint density at radius 1 is 1.27 bits per heavy atom. The Morgan fingerprint density at radius 3 is 2.45 bits per heavy atom. The molecule has 116 valence electrons. The van der Waals surface area contributed by atoms with Gasteiger partial charge in [0.05, 0.1) is 10.6 Å². The molecule has 0 fully saturated rings. The Kier molecular flexibility index (Phi) is 4.26. The van der Waals surface area contributed by atoms with Crippen molar-refractivity contribution in [2.75, 3.05) is 5.43 Å². The summed E-state index contributed by atoms with van der Waals surface area (Å²) in [4.78, 5) is 24.6. The molecule has 0 unspecified atom stereocenters. The maximum atomic E-state index is 12.0. The lowest BCUT2D eigenvalue weighted by atomic mass is 10.1. The maximum Gasteiger partial charge on any atom is 0.472 e. The van der Waals surface area contributed by atoms with Crippen LogP contribution in [0, 0.1) is 10.1 Å². The van der Waals surface area contributed by atoms with Gasteiger partial charge >= 0.3 is 12.1 Å². The largest absolute Gasteiger partial charge is 0.472 e. The third-order valence-corrected chi connectivity index (χ3v) is 3.18. The molecule has 2 aromatic rings. The lowest BCUT2D eigenvalue weighted by Gasteiger charge is -2.07. The number of hydrazine groups is 1. The smallest absolute Gasteiger partial charge is 0.273 e. The average molecular weight is 332 g/mol. The molecule has 0 bridgehead atoms. The molecule has 0 aliphatic carbocycles. The topological polar surface area (TPSA) is 97.2 Å². The summed E-state index contributed by atoms with van der Waals surface area (Å²) in [5, 5.41) is 12.1. The number of anilines is 1. The number of carbonyl (C=O) groups is 1. The number of nitrogens with zero attached hydrogens (tertiary/aromatic N) is 2. The first-order valence-corrected chi connectivity index (χ1v) is 6.49. The van der Waals surface area contributed by atoms with E-state index in [0.717, 1.165) is 11.3 Å². The number of rotatable bonds is 4. The highest BCUT2D eigenvalue weighted by Crippen LogP contribution is 2.26. The van der Waals surface area contributed by atoms with Crippen molar-refractivity contribution in [1.82, 2.24) is 10.4 Å². The Morgan fingerprint density at radius 2 is 1.91 bits per heavy atom. The normalized spacial score (nSPS) is 11.0. The first kappa shape index (κ1) is 15.7. The predicted molar refractivity (Wildman–Crippen MR) is 72.0 cm³/mol. The Labute approximate surface area is 124 Å². The summed E-state index contributed by atoms with van der Waals surface area (Å²) in [6.45, 7) is 0.